The molecule has 0 aliphatic carbocycles. The summed E-state index contributed by atoms with van der Waals surface area (Å²) < 4.78 is 3.43. The van der Waals surface area contributed by atoms with E-state index in [-0.39, 0.29) is 0 Å². The van der Waals surface area contributed by atoms with Gasteiger partial charge in [-0.1, -0.05) is 0 Å². The van der Waals surface area contributed by atoms with Gasteiger partial charge >= 0.3 is 116 Å². The summed E-state index contributed by atoms with van der Waals surface area (Å²) in [6, 6.07) is 0. The topological polar surface area (TPSA) is 0 Å². The van der Waals surface area contributed by atoms with Gasteiger partial charge in [-0.3, -0.25) is 0 Å². The van der Waals surface area contributed by atoms with Gasteiger partial charge in [-0.05, 0) is 0 Å². The Balaban J connectivity index is 4.73. The summed E-state index contributed by atoms with van der Waals surface area (Å²) in [4.78, 5) is 0. The van der Waals surface area contributed by atoms with Crippen LogP contribution in [0.15, 0.2) is 34.9 Å². The van der Waals surface area contributed by atoms with E-state index in [0.717, 1.165) is 13.3 Å². The van der Waals surface area contributed by atoms with Crippen LogP contribution in [0.4, 0.5) is 0 Å². The summed E-state index contributed by atoms with van der Waals surface area (Å²) >= 11 is -2.48. The zero-order valence-corrected chi connectivity index (χ0v) is 15.8. The molecule has 0 radical (unpaired) electrons. The van der Waals surface area contributed by atoms with Gasteiger partial charge in [0.05, 0.1) is 0 Å². The Bertz CT molecular complexity index is 262. The first-order chi connectivity index (χ1) is 7.75. The number of allylic oxidation sites excluding steroid dienone is 6. The van der Waals surface area contributed by atoms with Gasteiger partial charge in [0.1, 0.15) is 0 Å². The van der Waals surface area contributed by atoms with Crippen LogP contribution in [0.25, 0.3) is 0 Å². The van der Waals surface area contributed by atoms with Crippen LogP contribution in [0.2, 0.25) is 13.3 Å². The van der Waals surface area contributed by atoms with Crippen molar-refractivity contribution in [3.63, 3.8) is 0 Å². The van der Waals surface area contributed by atoms with Crippen molar-refractivity contribution in [2.75, 3.05) is 0 Å². The van der Waals surface area contributed by atoms with Gasteiger partial charge in [0, 0.05) is 0 Å². The second kappa shape index (κ2) is 8.42. The van der Waals surface area contributed by atoms with E-state index in [1.165, 1.54) is 16.7 Å². The van der Waals surface area contributed by atoms with E-state index >= 15 is 0 Å². The molecule has 0 heterocycles. The molecule has 2 heteroatoms. The second-order valence-corrected chi connectivity index (χ2v) is 21.1. The maximum atomic E-state index is 6.95. The molecule has 0 unspecified atom stereocenters. The zero-order chi connectivity index (χ0) is 13.5. The van der Waals surface area contributed by atoms with E-state index in [2.05, 4.69) is 59.8 Å². The van der Waals surface area contributed by atoms with Crippen molar-refractivity contribution in [1.82, 2.24) is 0 Å². The molecule has 0 rings (SSSR count). The molecule has 98 valence electrons. The van der Waals surface area contributed by atoms with Crippen LogP contribution in [-0.4, -0.2) is 17.3 Å². The normalized spacial score (nSPS) is 10.8. The van der Waals surface area contributed by atoms with Crippen molar-refractivity contribution in [2.45, 2.75) is 54.9 Å². The van der Waals surface area contributed by atoms with Gasteiger partial charge in [0.15, 0.2) is 0 Å². The molecule has 0 atom stereocenters. The fourth-order valence-electron chi connectivity index (χ4n) is 1.41. The first kappa shape index (κ1) is 17.3. The van der Waals surface area contributed by atoms with Gasteiger partial charge < -0.3 is 0 Å². The van der Waals surface area contributed by atoms with E-state index in [1.54, 1.807) is 0 Å². The second-order valence-electron chi connectivity index (χ2n) is 5.61. The van der Waals surface area contributed by atoms with Gasteiger partial charge in [-0.25, -0.2) is 0 Å². The Morgan fingerprint density at radius 2 is 0.941 bits per heavy atom. The van der Waals surface area contributed by atoms with Crippen molar-refractivity contribution >= 4 is 26.2 Å². The van der Waals surface area contributed by atoms with Crippen molar-refractivity contribution in [2.24, 2.45) is 0 Å². The summed E-state index contributed by atoms with van der Waals surface area (Å²) in [5, 5.41) is 0. The molecule has 0 nitrogen and oxygen atoms in total. The van der Waals surface area contributed by atoms with Crippen LogP contribution in [0.3, 0.4) is 0 Å². The summed E-state index contributed by atoms with van der Waals surface area (Å²) in [5.41, 5.74) is 4.17. The van der Waals surface area contributed by atoms with Crippen molar-refractivity contribution < 1.29 is 0 Å². The van der Waals surface area contributed by atoms with E-state index < -0.39 is 17.3 Å². The van der Waals surface area contributed by atoms with Gasteiger partial charge in [0.2, 0.25) is 0 Å². The minimum atomic E-state index is -2.48. The fourth-order valence-corrected chi connectivity index (χ4v) is 11.0. The third kappa shape index (κ3) is 9.96. The van der Waals surface area contributed by atoms with E-state index in [9.17, 15) is 0 Å². The molecule has 0 aromatic carbocycles. The van der Waals surface area contributed by atoms with Crippen LogP contribution in [0.1, 0.15) is 41.5 Å². The molecular weight excluding hydrogens is 334 g/mol. The molecule has 0 N–H and O–H groups in total. The van der Waals surface area contributed by atoms with Gasteiger partial charge in [-0.2, -0.15) is 0 Å². The number of rotatable bonds is 6. The minimum absolute atomic E-state index is 1.14. The molecular formula is C15H27ClSn. The van der Waals surface area contributed by atoms with E-state index in [0.29, 0.717) is 0 Å². The average Bonchev–Trinajstić information content (AvgIpc) is 2.21. The molecule has 0 saturated carbocycles. The first-order valence-corrected chi connectivity index (χ1v) is 16.0. The summed E-state index contributed by atoms with van der Waals surface area (Å²) in [5.74, 6) is 0. The van der Waals surface area contributed by atoms with Crippen LogP contribution < -0.4 is 0 Å². The maximum absolute atomic E-state index is 6.95. The Morgan fingerprint density at radius 3 is 1.12 bits per heavy atom. The van der Waals surface area contributed by atoms with Gasteiger partial charge in [0.25, 0.3) is 0 Å². The van der Waals surface area contributed by atoms with Crippen LogP contribution in [-0.2, 0) is 0 Å². The monoisotopic (exact) mass is 362 g/mol. The molecule has 0 amide bonds. The molecule has 0 aromatic rings. The number of hydrogen-bond donors (Lipinski definition) is 0. The van der Waals surface area contributed by atoms with Gasteiger partial charge in [-0.15, -0.1) is 0 Å². The van der Waals surface area contributed by atoms with Crippen LogP contribution >= 0.6 is 8.92 Å². The Labute approximate surface area is 115 Å². The summed E-state index contributed by atoms with van der Waals surface area (Å²) in [7, 11) is 6.95. The fraction of sp³-hybridized carbons (Fsp3) is 0.600. The Kier molecular flexibility index (Phi) is 8.57. The SMILES string of the molecule is CC(C)=C[CH2][Sn]([Cl])([CH2]C=C(C)C)[CH2]C=C(C)C. The van der Waals surface area contributed by atoms with E-state index in [4.69, 9.17) is 8.92 Å². The average molecular weight is 362 g/mol. The Morgan fingerprint density at radius 1 is 0.706 bits per heavy atom. The molecule has 0 spiro atoms. The third-order valence-corrected chi connectivity index (χ3v) is 13.7. The quantitative estimate of drug-likeness (QED) is 0.398. The third-order valence-electron chi connectivity index (χ3n) is 2.63. The zero-order valence-electron chi connectivity index (χ0n) is 12.2. The summed E-state index contributed by atoms with van der Waals surface area (Å²) in [6.07, 6.45) is 7.00. The number of halogens is 1. The van der Waals surface area contributed by atoms with Crippen molar-refractivity contribution in [3.05, 3.63) is 34.9 Å². The van der Waals surface area contributed by atoms with Crippen molar-refractivity contribution in [3.8, 4) is 0 Å². The molecule has 0 fully saturated rings. The molecule has 0 aliphatic rings. The van der Waals surface area contributed by atoms with Crippen LogP contribution in [0.5, 0.6) is 0 Å². The van der Waals surface area contributed by atoms with Crippen LogP contribution in [0, 0.1) is 0 Å². The molecule has 0 aliphatic heterocycles. The van der Waals surface area contributed by atoms with Crippen molar-refractivity contribution in [1.29, 1.82) is 0 Å². The first-order valence-electron chi connectivity index (χ1n) is 6.34. The molecule has 0 saturated heterocycles. The molecule has 0 bridgehead atoms. The Hall–Kier alpha value is 0.309. The summed E-state index contributed by atoms with van der Waals surface area (Å²) in [6.45, 7) is 12.9. The number of hydrogen-bond acceptors (Lipinski definition) is 0. The predicted octanol–water partition coefficient (Wildman–Crippen LogP) is 6.07. The molecule has 0 aromatic heterocycles. The van der Waals surface area contributed by atoms with E-state index in [1.807, 2.05) is 0 Å². The predicted molar refractivity (Wildman–Crippen MR) is 84.3 cm³/mol. The molecule has 17 heavy (non-hydrogen) atoms. The standard InChI is InChI=1S/3C5H9.ClH.Sn/c3*1-4-5(2)3;;/h3*4H,1H2,2-3H3;1H;/q;;;;+1/p-1.